The summed E-state index contributed by atoms with van der Waals surface area (Å²) in [7, 11) is 0. The first-order valence-corrected chi connectivity index (χ1v) is 13.7. The largest absolute Gasteiger partial charge is 0.483 e. The number of hydrogen-bond acceptors (Lipinski definition) is 3. The summed E-state index contributed by atoms with van der Waals surface area (Å²) >= 11 is 15.9. The number of fused-ring (bicyclic) bond motifs is 1. The Kier molecular flexibility index (Phi) is 9.15. The average Bonchev–Trinajstić information content (AvgIpc) is 2.89. The topological polar surface area (TPSA) is 58.6 Å². The summed E-state index contributed by atoms with van der Waals surface area (Å²) in [4.78, 5) is 28.1. The number of benzene rings is 3. The second kappa shape index (κ2) is 12.3. The van der Waals surface area contributed by atoms with Crippen LogP contribution in [0.15, 0.2) is 59.1 Å². The summed E-state index contributed by atoms with van der Waals surface area (Å²) in [5.41, 5.74) is 0.780. The number of carbonyl (C=O) groups is 2. The van der Waals surface area contributed by atoms with Gasteiger partial charge in [-0.2, -0.15) is 0 Å². The molecule has 0 aromatic heterocycles. The Labute approximate surface area is 230 Å². The Balaban J connectivity index is 1.51. The van der Waals surface area contributed by atoms with Gasteiger partial charge in [0.1, 0.15) is 11.8 Å². The van der Waals surface area contributed by atoms with E-state index in [4.69, 9.17) is 27.9 Å². The highest BCUT2D eigenvalue weighted by molar-refractivity contribution is 9.10. The maximum Gasteiger partial charge on any atom is 0.261 e. The molecule has 0 unspecified atom stereocenters. The molecule has 1 atom stereocenters. The predicted molar refractivity (Wildman–Crippen MR) is 149 cm³/mol. The van der Waals surface area contributed by atoms with E-state index in [2.05, 4.69) is 21.2 Å². The molecule has 0 aliphatic heterocycles. The van der Waals surface area contributed by atoms with Crippen molar-refractivity contribution in [1.82, 2.24) is 10.2 Å². The van der Waals surface area contributed by atoms with E-state index in [1.165, 1.54) is 11.3 Å². The van der Waals surface area contributed by atoms with Crippen molar-refractivity contribution in [3.8, 4) is 5.75 Å². The molecule has 0 saturated heterocycles. The van der Waals surface area contributed by atoms with Crippen LogP contribution in [0, 0.1) is 0 Å². The van der Waals surface area contributed by atoms with Crippen LogP contribution in [0.1, 0.15) is 44.6 Å². The second-order valence-electron chi connectivity index (χ2n) is 9.18. The molecule has 0 spiro atoms. The van der Waals surface area contributed by atoms with Gasteiger partial charge >= 0.3 is 0 Å². The van der Waals surface area contributed by atoms with Gasteiger partial charge in [0.05, 0.1) is 14.5 Å². The van der Waals surface area contributed by atoms with E-state index in [-0.39, 0.29) is 31.0 Å². The molecule has 3 aromatic carbocycles. The molecular weight excluding hydrogens is 563 g/mol. The number of halogens is 3. The Morgan fingerprint density at radius 2 is 1.81 bits per heavy atom. The molecule has 2 amide bonds. The van der Waals surface area contributed by atoms with E-state index < -0.39 is 6.04 Å². The van der Waals surface area contributed by atoms with Gasteiger partial charge in [-0.15, -0.1) is 0 Å². The van der Waals surface area contributed by atoms with Crippen molar-refractivity contribution in [2.75, 3.05) is 6.61 Å². The summed E-state index contributed by atoms with van der Waals surface area (Å²) in [6.07, 6.45) is 5.36. The van der Waals surface area contributed by atoms with Crippen LogP contribution in [0.4, 0.5) is 0 Å². The number of rotatable bonds is 8. The fourth-order valence-corrected chi connectivity index (χ4v) is 5.46. The summed E-state index contributed by atoms with van der Waals surface area (Å²) in [5, 5.41) is 6.03. The summed E-state index contributed by atoms with van der Waals surface area (Å²) in [6.45, 7) is 1.75. The molecule has 4 rings (SSSR count). The van der Waals surface area contributed by atoms with Crippen LogP contribution in [0.2, 0.25) is 10.0 Å². The van der Waals surface area contributed by atoms with Gasteiger partial charge in [-0.3, -0.25) is 9.59 Å². The van der Waals surface area contributed by atoms with Crippen molar-refractivity contribution in [2.45, 2.75) is 57.7 Å². The molecule has 5 nitrogen and oxygen atoms in total. The minimum absolute atomic E-state index is 0.153. The average molecular weight is 592 g/mol. The van der Waals surface area contributed by atoms with Crippen LogP contribution in [0.3, 0.4) is 0 Å². The van der Waals surface area contributed by atoms with Crippen molar-refractivity contribution in [3.63, 3.8) is 0 Å². The zero-order valence-electron chi connectivity index (χ0n) is 20.1. The number of nitrogens with one attached hydrogen (secondary N) is 1. The van der Waals surface area contributed by atoms with Crippen molar-refractivity contribution >= 4 is 61.7 Å². The molecule has 0 radical (unpaired) electrons. The first-order valence-electron chi connectivity index (χ1n) is 12.2. The molecule has 0 bridgehead atoms. The molecule has 190 valence electrons. The fourth-order valence-electron chi connectivity index (χ4n) is 4.53. The molecule has 1 fully saturated rings. The maximum absolute atomic E-state index is 13.4. The van der Waals surface area contributed by atoms with Crippen LogP contribution in [0.25, 0.3) is 10.8 Å². The highest BCUT2D eigenvalue weighted by Crippen LogP contribution is 2.33. The maximum atomic E-state index is 13.4. The number of nitrogens with zero attached hydrogens (tertiary/aromatic N) is 1. The summed E-state index contributed by atoms with van der Waals surface area (Å²) in [6, 6.07) is 16.4. The zero-order valence-corrected chi connectivity index (χ0v) is 23.2. The second-order valence-corrected chi connectivity index (χ2v) is 10.8. The molecular formula is C28H29BrCl2N2O3. The Hall–Kier alpha value is -2.28. The predicted octanol–water partition coefficient (Wildman–Crippen LogP) is 7.15. The standard InChI is InChI=1S/C28H29BrCl2N2O3/c1-18(28(35)32-21-8-3-2-4-9-21)33(16-19-11-13-23(30)24(31)15-19)26(34)17-36-25-14-12-20-7-5-6-10-22(20)27(25)29/h5-7,10-15,18,21H,2-4,8-9,16-17H2,1H3,(H,32,35)/t18-/m0/s1. The lowest BCUT2D eigenvalue weighted by atomic mass is 9.95. The molecule has 36 heavy (non-hydrogen) atoms. The molecule has 1 aliphatic rings. The molecule has 1 saturated carbocycles. The number of carbonyl (C=O) groups excluding carboxylic acids is 2. The minimum atomic E-state index is -0.683. The van der Waals surface area contributed by atoms with Crippen molar-refractivity contribution in [2.24, 2.45) is 0 Å². The summed E-state index contributed by atoms with van der Waals surface area (Å²) < 4.78 is 6.72. The number of ether oxygens (including phenoxy) is 1. The van der Waals surface area contributed by atoms with Gasteiger partial charge in [-0.1, -0.05) is 78.9 Å². The van der Waals surface area contributed by atoms with Crippen LogP contribution in [0.5, 0.6) is 5.75 Å². The van der Waals surface area contributed by atoms with Crippen LogP contribution >= 0.6 is 39.1 Å². The van der Waals surface area contributed by atoms with Crippen LogP contribution < -0.4 is 10.1 Å². The van der Waals surface area contributed by atoms with Gasteiger partial charge in [0, 0.05) is 12.6 Å². The SMILES string of the molecule is C[C@@H](C(=O)NC1CCCCC1)N(Cc1ccc(Cl)c(Cl)c1)C(=O)COc1ccc2ccccc2c1Br. The highest BCUT2D eigenvalue weighted by atomic mass is 79.9. The fraction of sp³-hybridized carbons (Fsp3) is 0.357. The molecule has 8 heteroatoms. The van der Waals surface area contributed by atoms with Crippen molar-refractivity contribution in [1.29, 1.82) is 0 Å². The molecule has 0 heterocycles. The number of hydrogen-bond donors (Lipinski definition) is 1. The van der Waals surface area contributed by atoms with Crippen molar-refractivity contribution in [3.05, 3.63) is 74.7 Å². The van der Waals surface area contributed by atoms with Crippen LogP contribution in [-0.2, 0) is 16.1 Å². The molecule has 1 aliphatic carbocycles. The lowest BCUT2D eigenvalue weighted by molar-refractivity contribution is -0.142. The first kappa shape index (κ1) is 26.8. The third-order valence-corrected chi connectivity index (χ3v) is 8.19. The van der Waals surface area contributed by atoms with Gasteiger partial charge in [0.2, 0.25) is 5.91 Å². The monoisotopic (exact) mass is 590 g/mol. The Bertz CT molecular complexity index is 1250. The molecule has 3 aromatic rings. The van der Waals surface area contributed by atoms with E-state index in [0.29, 0.717) is 15.8 Å². The van der Waals surface area contributed by atoms with Gasteiger partial charge in [0.25, 0.3) is 5.91 Å². The van der Waals surface area contributed by atoms with E-state index in [9.17, 15) is 9.59 Å². The third-order valence-electron chi connectivity index (χ3n) is 6.63. The normalized spacial score (nSPS) is 14.9. The van der Waals surface area contributed by atoms with E-state index >= 15 is 0 Å². The van der Waals surface area contributed by atoms with Gasteiger partial charge in [-0.05, 0) is 70.2 Å². The van der Waals surface area contributed by atoms with E-state index in [1.54, 1.807) is 25.1 Å². The first-order chi connectivity index (χ1) is 17.3. The van der Waals surface area contributed by atoms with Gasteiger partial charge in [-0.25, -0.2) is 0 Å². The zero-order chi connectivity index (χ0) is 25.7. The van der Waals surface area contributed by atoms with Crippen LogP contribution in [-0.4, -0.2) is 35.4 Å². The third kappa shape index (κ3) is 6.53. The Morgan fingerprint density at radius 1 is 1.06 bits per heavy atom. The molecule has 1 N–H and O–H groups in total. The van der Waals surface area contributed by atoms with E-state index in [0.717, 1.165) is 46.5 Å². The minimum Gasteiger partial charge on any atom is -0.483 e. The lowest BCUT2D eigenvalue weighted by Gasteiger charge is -2.31. The van der Waals surface area contributed by atoms with Crippen molar-refractivity contribution < 1.29 is 14.3 Å². The smallest absolute Gasteiger partial charge is 0.261 e. The van der Waals surface area contributed by atoms with Gasteiger partial charge in [0.15, 0.2) is 6.61 Å². The quantitative estimate of drug-likeness (QED) is 0.302. The van der Waals surface area contributed by atoms with E-state index in [1.807, 2.05) is 36.4 Å². The Morgan fingerprint density at radius 3 is 2.56 bits per heavy atom. The number of amides is 2. The van der Waals surface area contributed by atoms with Gasteiger partial charge < -0.3 is 15.0 Å². The lowest BCUT2D eigenvalue weighted by Crippen LogP contribution is -2.51. The summed E-state index contributed by atoms with van der Waals surface area (Å²) in [5.74, 6) is 0.102. The highest BCUT2D eigenvalue weighted by Gasteiger charge is 2.28.